The summed E-state index contributed by atoms with van der Waals surface area (Å²) in [6.07, 6.45) is 0. The molecule has 0 aliphatic rings. The molecule has 3 rings (SSSR count). The summed E-state index contributed by atoms with van der Waals surface area (Å²) in [6, 6.07) is 19.2. The van der Waals surface area contributed by atoms with Crippen molar-refractivity contribution in [3.8, 4) is 11.8 Å². The van der Waals surface area contributed by atoms with Crippen LogP contribution in [-0.4, -0.2) is 22.1 Å². The summed E-state index contributed by atoms with van der Waals surface area (Å²) in [6.45, 7) is 3.01. The molecule has 1 heterocycles. The predicted octanol–water partition coefficient (Wildman–Crippen LogP) is 3.71. The van der Waals surface area contributed by atoms with Crippen LogP contribution in [0.2, 0.25) is 0 Å². The molecule has 0 spiro atoms. The lowest BCUT2D eigenvalue weighted by atomic mass is 10.2. The first-order valence-corrected chi connectivity index (χ1v) is 8.35. The average Bonchev–Trinajstić information content (AvgIpc) is 3.16. The molecule has 0 saturated carbocycles. The molecule has 6 nitrogen and oxygen atoms in total. The second-order valence-corrected chi connectivity index (χ2v) is 6.04. The first kappa shape index (κ1) is 17.6. The van der Waals surface area contributed by atoms with Crippen LogP contribution in [-0.2, 0) is 13.2 Å². The van der Waals surface area contributed by atoms with Gasteiger partial charge < -0.3 is 9.15 Å². The van der Waals surface area contributed by atoms with Gasteiger partial charge in [-0.05, 0) is 43.8 Å². The van der Waals surface area contributed by atoms with Gasteiger partial charge in [0.25, 0.3) is 5.89 Å². The second-order valence-electron chi connectivity index (χ2n) is 6.04. The van der Waals surface area contributed by atoms with E-state index in [4.69, 9.17) is 14.4 Å². The van der Waals surface area contributed by atoms with E-state index < -0.39 is 0 Å². The van der Waals surface area contributed by atoms with Gasteiger partial charge in [-0.25, -0.2) is 0 Å². The third-order valence-electron chi connectivity index (χ3n) is 4.12. The summed E-state index contributed by atoms with van der Waals surface area (Å²) in [5.41, 5.74) is 1.82. The summed E-state index contributed by atoms with van der Waals surface area (Å²) in [4.78, 5) is 2.15. The molecule has 0 aliphatic carbocycles. The van der Waals surface area contributed by atoms with Crippen LogP contribution in [0.3, 0.4) is 0 Å². The lowest BCUT2D eigenvalue weighted by Crippen LogP contribution is -2.22. The van der Waals surface area contributed by atoms with Crippen LogP contribution in [0.15, 0.2) is 59.0 Å². The highest BCUT2D eigenvalue weighted by Crippen LogP contribution is 2.20. The Morgan fingerprint density at radius 2 is 1.85 bits per heavy atom. The fourth-order valence-corrected chi connectivity index (χ4v) is 2.46. The minimum absolute atomic E-state index is 0.00799. The first-order chi connectivity index (χ1) is 12.7. The Balaban J connectivity index is 1.57. The zero-order valence-corrected chi connectivity index (χ0v) is 14.8. The number of aromatic nitrogens is 2. The SMILES string of the molecule is CC(c1nnc(COc2ccc(C#N)cc2)o1)N(C)Cc1ccccc1. The van der Waals surface area contributed by atoms with Crippen molar-refractivity contribution < 1.29 is 9.15 Å². The monoisotopic (exact) mass is 348 g/mol. The summed E-state index contributed by atoms with van der Waals surface area (Å²) in [5.74, 6) is 1.63. The lowest BCUT2D eigenvalue weighted by molar-refractivity contribution is 0.203. The molecule has 0 bridgehead atoms. The van der Waals surface area contributed by atoms with E-state index in [1.54, 1.807) is 24.3 Å². The molecule has 0 amide bonds. The van der Waals surface area contributed by atoms with Crippen LogP contribution in [0.4, 0.5) is 0 Å². The van der Waals surface area contributed by atoms with Crippen LogP contribution >= 0.6 is 0 Å². The van der Waals surface area contributed by atoms with E-state index in [2.05, 4.69) is 33.3 Å². The van der Waals surface area contributed by atoms with Crippen molar-refractivity contribution in [2.75, 3.05) is 7.05 Å². The minimum Gasteiger partial charge on any atom is -0.484 e. The highest BCUT2D eigenvalue weighted by molar-refractivity contribution is 5.34. The molecule has 2 aromatic carbocycles. The molecule has 26 heavy (non-hydrogen) atoms. The Bertz CT molecular complexity index is 869. The Labute approximate surface area is 152 Å². The maximum Gasteiger partial charge on any atom is 0.253 e. The van der Waals surface area contributed by atoms with E-state index in [0.29, 0.717) is 23.1 Å². The number of ether oxygens (including phenoxy) is 1. The summed E-state index contributed by atoms with van der Waals surface area (Å²) in [5, 5.41) is 17.0. The van der Waals surface area contributed by atoms with Gasteiger partial charge in [-0.1, -0.05) is 30.3 Å². The maximum absolute atomic E-state index is 8.80. The summed E-state index contributed by atoms with van der Waals surface area (Å²) in [7, 11) is 2.02. The van der Waals surface area contributed by atoms with Crippen LogP contribution in [0.1, 0.15) is 35.9 Å². The molecule has 0 fully saturated rings. The van der Waals surface area contributed by atoms with Crippen LogP contribution in [0.25, 0.3) is 0 Å². The van der Waals surface area contributed by atoms with Gasteiger partial charge in [0.15, 0.2) is 6.61 Å². The Morgan fingerprint density at radius 3 is 2.54 bits per heavy atom. The van der Waals surface area contributed by atoms with Gasteiger partial charge in [0.2, 0.25) is 5.89 Å². The van der Waals surface area contributed by atoms with Crippen molar-refractivity contribution in [2.45, 2.75) is 26.1 Å². The number of nitrogens with zero attached hydrogens (tertiary/aromatic N) is 4. The minimum atomic E-state index is -0.00799. The lowest BCUT2D eigenvalue weighted by Gasteiger charge is -2.21. The average molecular weight is 348 g/mol. The zero-order chi connectivity index (χ0) is 18.4. The van der Waals surface area contributed by atoms with Crippen molar-refractivity contribution in [1.82, 2.24) is 15.1 Å². The van der Waals surface area contributed by atoms with E-state index in [1.165, 1.54) is 5.56 Å². The third-order valence-corrected chi connectivity index (χ3v) is 4.12. The Kier molecular flexibility index (Phi) is 5.62. The van der Waals surface area contributed by atoms with Gasteiger partial charge >= 0.3 is 0 Å². The largest absolute Gasteiger partial charge is 0.484 e. The maximum atomic E-state index is 8.80. The van der Waals surface area contributed by atoms with Crippen LogP contribution in [0, 0.1) is 11.3 Å². The molecule has 6 heteroatoms. The fraction of sp³-hybridized carbons (Fsp3) is 0.250. The van der Waals surface area contributed by atoms with Crippen molar-refractivity contribution in [1.29, 1.82) is 5.26 Å². The zero-order valence-electron chi connectivity index (χ0n) is 14.8. The van der Waals surface area contributed by atoms with Gasteiger partial charge in [-0.15, -0.1) is 10.2 Å². The van der Waals surface area contributed by atoms with Gasteiger partial charge in [-0.3, -0.25) is 4.90 Å². The van der Waals surface area contributed by atoms with E-state index in [1.807, 2.05) is 32.2 Å². The van der Waals surface area contributed by atoms with Gasteiger partial charge in [-0.2, -0.15) is 5.26 Å². The van der Waals surface area contributed by atoms with E-state index in [-0.39, 0.29) is 12.6 Å². The van der Waals surface area contributed by atoms with E-state index in [0.717, 1.165) is 6.54 Å². The molecule has 1 atom stereocenters. The molecule has 0 N–H and O–H groups in total. The van der Waals surface area contributed by atoms with Gasteiger partial charge in [0.05, 0.1) is 17.7 Å². The molecule has 0 radical (unpaired) electrons. The Morgan fingerprint density at radius 1 is 1.12 bits per heavy atom. The number of hydrogen-bond acceptors (Lipinski definition) is 6. The normalized spacial score (nSPS) is 11.9. The first-order valence-electron chi connectivity index (χ1n) is 8.35. The third kappa shape index (κ3) is 4.47. The van der Waals surface area contributed by atoms with E-state index >= 15 is 0 Å². The highest BCUT2D eigenvalue weighted by atomic mass is 16.5. The smallest absolute Gasteiger partial charge is 0.253 e. The van der Waals surface area contributed by atoms with Crippen molar-refractivity contribution in [3.63, 3.8) is 0 Å². The van der Waals surface area contributed by atoms with E-state index in [9.17, 15) is 0 Å². The highest BCUT2D eigenvalue weighted by Gasteiger charge is 2.18. The van der Waals surface area contributed by atoms with Crippen LogP contribution in [0.5, 0.6) is 5.75 Å². The topological polar surface area (TPSA) is 75.2 Å². The molecule has 1 aromatic heterocycles. The standard InChI is InChI=1S/C20H20N4O2/c1-15(24(2)13-17-6-4-3-5-7-17)20-23-22-19(26-20)14-25-18-10-8-16(12-21)9-11-18/h3-11,15H,13-14H2,1-2H3. The van der Waals surface area contributed by atoms with Crippen molar-refractivity contribution in [3.05, 3.63) is 77.5 Å². The molecular formula is C20H20N4O2. The molecule has 0 aliphatic heterocycles. The van der Waals surface area contributed by atoms with Gasteiger partial charge in [0, 0.05) is 6.54 Å². The molecule has 1 unspecified atom stereocenters. The second kappa shape index (κ2) is 8.28. The quantitative estimate of drug-likeness (QED) is 0.648. The summed E-state index contributed by atoms with van der Waals surface area (Å²) >= 11 is 0. The number of rotatable bonds is 7. The number of nitriles is 1. The molecule has 3 aromatic rings. The fourth-order valence-electron chi connectivity index (χ4n) is 2.46. The van der Waals surface area contributed by atoms with Crippen LogP contribution < -0.4 is 4.74 Å². The van der Waals surface area contributed by atoms with Crippen molar-refractivity contribution >= 4 is 0 Å². The Hall–Kier alpha value is -3.17. The molecular weight excluding hydrogens is 328 g/mol. The predicted molar refractivity (Wildman–Crippen MR) is 96.1 cm³/mol. The number of benzene rings is 2. The number of hydrogen-bond donors (Lipinski definition) is 0. The van der Waals surface area contributed by atoms with Gasteiger partial charge in [0.1, 0.15) is 5.75 Å². The molecule has 132 valence electrons. The summed E-state index contributed by atoms with van der Waals surface area (Å²) < 4.78 is 11.4. The van der Waals surface area contributed by atoms with Crippen molar-refractivity contribution in [2.24, 2.45) is 0 Å². The molecule has 0 saturated heterocycles.